The predicted molar refractivity (Wildman–Crippen MR) is 135 cm³/mol. The zero-order valence-corrected chi connectivity index (χ0v) is 21.5. The molecule has 0 aliphatic carbocycles. The molecule has 2 amide bonds. The fourth-order valence-electron chi connectivity index (χ4n) is 5.26. The number of fused-ring (bicyclic) bond motifs is 1. The van der Waals surface area contributed by atoms with Gasteiger partial charge in [0.25, 0.3) is 0 Å². The van der Waals surface area contributed by atoms with Crippen LogP contribution in [0.2, 0.25) is 0 Å². The fourth-order valence-corrected chi connectivity index (χ4v) is 5.52. The molecule has 0 radical (unpaired) electrons. The molecule has 2 aliphatic rings. The largest absolute Gasteiger partial charge is 0.497 e. The normalized spacial score (nSPS) is 24.8. The minimum atomic E-state index is -0.283. The molecule has 0 aromatic heterocycles. The lowest BCUT2D eigenvalue weighted by molar-refractivity contribution is -0.152. The molecular weight excluding hydrogens is 498 g/mol. The van der Waals surface area contributed by atoms with Crippen molar-refractivity contribution in [3.05, 3.63) is 58.6 Å². The smallest absolute Gasteiger partial charge is 0.321 e. The van der Waals surface area contributed by atoms with Crippen molar-refractivity contribution >= 4 is 33.6 Å². The summed E-state index contributed by atoms with van der Waals surface area (Å²) in [6.45, 7) is 5.48. The molecule has 8 heteroatoms. The summed E-state index contributed by atoms with van der Waals surface area (Å²) < 4.78 is 11.9. The number of ether oxygens (including phenoxy) is 2. The maximum absolute atomic E-state index is 13.3. The van der Waals surface area contributed by atoms with Crippen LogP contribution < -0.4 is 10.1 Å². The molecule has 2 aromatic carbocycles. The van der Waals surface area contributed by atoms with Gasteiger partial charge in [-0.05, 0) is 48.4 Å². The average molecular weight is 530 g/mol. The van der Waals surface area contributed by atoms with Crippen LogP contribution in [-0.4, -0.2) is 66.7 Å². The van der Waals surface area contributed by atoms with Crippen LogP contribution in [0.5, 0.6) is 5.75 Å². The minimum absolute atomic E-state index is 0.150. The molecule has 1 N–H and O–H groups in total. The summed E-state index contributed by atoms with van der Waals surface area (Å²) in [6.07, 6.45) is 1.36. The van der Waals surface area contributed by atoms with Crippen molar-refractivity contribution < 1.29 is 19.1 Å². The van der Waals surface area contributed by atoms with Crippen molar-refractivity contribution in [1.82, 2.24) is 9.80 Å². The van der Waals surface area contributed by atoms with E-state index in [0.717, 1.165) is 16.6 Å². The van der Waals surface area contributed by atoms with Crippen molar-refractivity contribution in [3.63, 3.8) is 0 Å². The molecule has 0 spiro atoms. The topological polar surface area (TPSA) is 71.1 Å². The molecule has 2 aliphatic heterocycles. The highest BCUT2D eigenvalue weighted by Crippen LogP contribution is 2.44. The second-order valence-corrected chi connectivity index (χ2v) is 9.86. The molecule has 2 heterocycles. The van der Waals surface area contributed by atoms with E-state index in [4.69, 9.17) is 9.47 Å². The van der Waals surface area contributed by atoms with Crippen molar-refractivity contribution in [1.29, 1.82) is 0 Å². The Morgan fingerprint density at radius 1 is 1.09 bits per heavy atom. The van der Waals surface area contributed by atoms with Crippen LogP contribution in [0.15, 0.2) is 53.0 Å². The summed E-state index contributed by atoms with van der Waals surface area (Å²) in [5.74, 6) is 0.765. The van der Waals surface area contributed by atoms with E-state index in [0.29, 0.717) is 43.7 Å². The maximum atomic E-state index is 13.3. The Morgan fingerprint density at radius 3 is 2.41 bits per heavy atom. The number of halogens is 1. The van der Waals surface area contributed by atoms with Crippen molar-refractivity contribution in [2.45, 2.75) is 50.8 Å². The van der Waals surface area contributed by atoms with Gasteiger partial charge in [0.1, 0.15) is 11.9 Å². The number of urea groups is 1. The van der Waals surface area contributed by atoms with Crippen LogP contribution in [0.25, 0.3) is 0 Å². The number of hydrogen-bond acceptors (Lipinski definition) is 5. The van der Waals surface area contributed by atoms with Gasteiger partial charge in [-0.1, -0.05) is 35.0 Å². The Kier molecular flexibility index (Phi) is 7.78. The van der Waals surface area contributed by atoms with Gasteiger partial charge in [-0.25, -0.2) is 4.79 Å². The van der Waals surface area contributed by atoms with Gasteiger partial charge >= 0.3 is 12.0 Å². The number of anilines is 1. The van der Waals surface area contributed by atoms with Crippen LogP contribution in [-0.2, 0) is 9.53 Å². The summed E-state index contributed by atoms with van der Waals surface area (Å²) in [5.41, 5.74) is 1.99. The SMILES string of the molecule is CC[C@@H]1[C@H](c2ccc(Br)cc2)[C@@H]2CN(C(=O)Nc3ccc(OC)cc3)CC[C@H](OC(C)=O)CN12. The highest BCUT2D eigenvalue weighted by atomic mass is 79.9. The number of rotatable bonds is 5. The van der Waals surface area contributed by atoms with E-state index in [2.05, 4.69) is 57.3 Å². The molecule has 2 fully saturated rings. The van der Waals surface area contributed by atoms with Gasteiger partial charge < -0.3 is 19.7 Å². The standard InChI is InChI=1S/C26H32BrN3O4/c1-4-23-25(18-5-7-19(27)8-6-18)24-16-29(14-13-22(15-30(23)24)34-17(2)31)26(32)28-20-9-11-21(33-3)12-10-20/h5-12,22-25H,4,13-16H2,1-3H3,(H,28,32)/t22-,23+,24-,25-/m0/s1. The second-order valence-electron chi connectivity index (χ2n) is 8.94. The number of benzene rings is 2. The summed E-state index contributed by atoms with van der Waals surface area (Å²) in [4.78, 5) is 29.3. The van der Waals surface area contributed by atoms with Crippen molar-refractivity contribution in [2.75, 3.05) is 32.1 Å². The first-order chi connectivity index (χ1) is 16.4. The average Bonchev–Trinajstić information content (AvgIpc) is 2.81. The van der Waals surface area contributed by atoms with Crippen LogP contribution in [0.1, 0.15) is 38.2 Å². The number of esters is 1. The molecular formula is C26H32BrN3O4. The van der Waals surface area contributed by atoms with E-state index >= 15 is 0 Å². The monoisotopic (exact) mass is 529 g/mol. The Balaban J connectivity index is 1.56. The lowest BCUT2D eigenvalue weighted by Crippen LogP contribution is -2.68. The van der Waals surface area contributed by atoms with Gasteiger partial charge in [-0.15, -0.1) is 0 Å². The first-order valence-electron chi connectivity index (χ1n) is 11.8. The van der Waals surface area contributed by atoms with Crippen molar-refractivity contribution in [2.24, 2.45) is 0 Å². The maximum Gasteiger partial charge on any atom is 0.321 e. The van der Waals surface area contributed by atoms with Crippen LogP contribution in [0.4, 0.5) is 10.5 Å². The van der Waals surface area contributed by atoms with E-state index in [1.165, 1.54) is 12.5 Å². The highest BCUT2D eigenvalue weighted by Gasteiger charge is 2.50. The molecule has 4 atom stereocenters. The number of nitrogens with one attached hydrogen (secondary N) is 1. The van der Waals surface area contributed by atoms with Crippen LogP contribution in [0.3, 0.4) is 0 Å². The third-order valence-corrected chi connectivity index (χ3v) is 7.39. The van der Waals surface area contributed by atoms with Crippen LogP contribution in [0, 0.1) is 0 Å². The van der Waals surface area contributed by atoms with Gasteiger partial charge in [0.15, 0.2) is 0 Å². The molecule has 34 heavy (non-hydrogen) atoms. The molecule has 2 aromatic rings. The molecule has 4 rings (SSSR count). The van der Waals surface area contributed by atoms with E-state index in [-0.39, 0.29) is 24.1 Å². The minimum Gasteiger partial charge on any atom is -0.497 e. The first-order valence-corrected chi connectivity index (χ1v) is 12.6. The van der Waals surface area contributed by atoms with E-state index in [1.807, 2.05) is 29.2 Å². The summed E-state index contributed by atoms with van der Waals surface area (Å²) >= 11 is 3.53. The van der Waals surface area contributed by atoms with E-state index in [1.54, 1.807) is 7.11 Å². The number of carbonyl (C=O) groups is 2. The number of hydrogen-bond donors (Lipinski definition) is 1. The summed E-state index contributed by atoms with van der Waals surface area (Å²) in [5, 5.41) is 3.01. The fraction of sp³-hybridized carbons (Fsp3) is 0.462. The number of methoxy groups -OCH3 is 1. The lowest BCUT2D eigenvalue weighted by Gasteiger charge is -2.58. The van der Waals surface area contributed by atoms with Crippen LogP contribution >= 0.6 is 15.9 Å². The molecule has 0 bridgehead atoms. The zero-order chi connectivity index (χ0) is 24.2. The van der Waals surface area contributed by atoms with Gasteiger partial charge in [-0.3, -0.25) is 9.69 Å². The Morgan fingerprint density at radius 2 is 1.79 bits per heavy atom. The Bertz CT molecular complexity index is 998. The predicted octanol–water partition coefficient (Wildman–Crippen LogP) is 4.87. The second kappa shape index (κ2) is 10.8. The Hall–Kier alpha value is -2.58. The molecule has 0 saturated carbocycles. The van der Waals surface area contributed by atoms with Gasteiger partial charge in [0, 0.05) is 61.1 Å². The number of carbonyl (C=O) groups excluding carboxylic acids is 2. The number of nitrogens with zero attached hydrogens (tertiary/aromatic N) is 2. The van der Waals surface area contributed by atoms with Gasteiger partial charge in [0.05, 0.1) is 7.11 Å². The molecule has 182 valence electrons. The zero-order valence-electron chi connectivity index (χ0n) is 19.9. The summed E-state index contributed by atoms with van der Waals surface area (Å²) in [6, 6.07) is 16.1. The van der Waals surface area contributed by atoms with Gasteiger partial charge in [-0.2, -0.15) is 0 Å². The first kappa shape index (κ1) is 24.5. The van der Waals surface area contributed by atoms with Crippen molar-refractivity contribution in [3.8, 4) is 5.75 Å². The third kappa shape index (κ3) is 5.39. The number of amides is 2. The quantitative estimate of drug-likeness (QED) is 0.559. The highest BCUT2D eigenvalue weighted by molar-refractivity contribution is 9.10. The third-order valence-electron chi connectivity index (χ3n) is 6.86. The molecule has 2 saturated heterocycles. The van der Waals surface area contributed by atoms with E-state index in [9.17, 15) is 9.59 Å². The lowest BCUT2D eigenvalue weighted by atomic mass is 9.73. The molecule has 0 unspecified atom stereocenters. The van der Waals surface area contributed by atoms with E-state index < -0.39 is 0 Å². The summed E-state index contributed by atoms with van der Waals surface area (Å²) in [7, 11) is 1.61. The molecule has 7 nitrogen and oxygen atoms in total. The Labute approximate surface area is 209 Å². The van der Waals surface area contributed by atoms with Gasteiger partial charge in [0.2, 0.25) is 0 Å².